The number of furan rings is 1. The highest BCUT2D eigenvalue weighted by Gasteiger charge is 2.17. The SMILES string of the molecule is CCOC(=O)c1cc2oc(C#N)cc2c2sccc12. The molecule has 2 aromatic heterocycles. The number of hydrogen-bond acceptors (Lipinski definition) is 5. The van der Waals surface area contributed by atoms with E-state index in [4.69, 9.17) is 14.4 Å². The van der Waals surface area contributed by atoms with Gasteiger partial charge in [-0.25, -0.2) is 4.79 Å². The number of ether oxygens (including phenoxy) is 1. The first kappa shape index (κ1) is 11.8. The lowest BCUT2D eigenvalue weighted by Gasteiger charge is -2.03. The van der Waals surface area contributed by atoms with Crippen molar-refractivity contribution in [1.82, 2.24) is 0 Å². The first-order valence-corrected chi connectivity index (χ1v) is 6.63. The van der Waals surface area contributed by atoms with E-state index in [2.05, 4.69) is 0 Å². The van der Waals surface area contributed by atoms with E-state index in [0.717, 1.165) is 15.5 Å². The second-order valence-corrected chi connectivity index (χ2v) is 4.86. The number of nitriles is 1. The largest absolute Gasteiger partial charge is 0.462 e. The van der Waals surface area contributed by atoms with Gasteiger partial charge in [0.2, 0.25) is 5.76 Å². The van der Waals surface area contributed by atoms with E-state index in [9.17, 15) is 4.79 Å². The van der Waals surface area contributed by atoms with Crippen LogP contribution in [0, 0.1) is 11.3 Å². The number of carbonyl (C=O) groups is 1. The minimum atomic E-state index is -0.372. The molecule has 0 spiro atoms. The normalized spacial score (nSPS) is 10.7. The summed E-state index contributed by atoms with van der Waals surface area (Å²) in [6.45, 7) is 2.09. The second-order valence-electron chi connectivity index (χ2n) is 3.94. The second kappa shape index (κ2) is 4.41. The van der Waals surface area contributed by atoms with Gasteiger partial charge in [-0.3, -0.25) is 0 Å². The van der Waals surface area contributed by atoms with Gasteiger partial charge in [-0.15, -0.1) is 11.3 Å². The summed E-state index contributed by atoms with van der Waals surface area (Å²) in [5.74, 6) is -0.131. The summed E-state index contributed by atoms with van der Waals surface area (Å²) in [6, 6.07) is 7.19. The van der Waals surface area contributed by atoms with Gasteiger partial charge in [0, 0.05) is 21.5 Å². The molecule has 0 aliphatic carbocycles. The summed E-state index contributed by atoms with van der Waals surface area (Å²) in [5, 5.41) is 12.5. The van der Waals surface area contributed by atoms with Crippen molar-refractivity contribution in [2.75, 3.05) is 6.61 Å². The molecule has 0 aliphatic rings. The average Bonchev–Trinajstić information content (AvgIpc) is 3.03. The van der Waals surface area contributed by atoms with Crippen LogP contribution in [0.3, 0.4) is 0 Å². The molecular formula is C14H9NO3S. The number of nitrogens with zero attached hydrogens (tertiary/aromatic N) is 1. The van der Waals surface area contributed by atoms with Gasteiger partial charge in [-0.1, -0.05) is 0 Å². The van der Waals surface area contributed by atoms with Crippen LogP contribution < -0.4 is 0 Å². The molecule has 0 unspecified atom stereocenters. The van der Waals surface area contributed by atoms with Crippen LogP contribution in [0.4, 0.5) is 0 Å². The highest BCUT2D eigenvalue weighted by Crippen LogP contribution is 2.34. The monoisotopic (exact) mass is 271 g/mol. The molecule has 0 fully saturated rings. The molecule has 5 heteroatoms. The quantitative estimate of drug-likeness (QED) is 0.667. The Kier molecular flexibility index (Phi) is 2.73. The number of fused-ring (bicyclic) bond motifs is 3. The number of esters is 1. The zero-order chi connectivity index (χ0) is 13.4. The Bertz CT molecular complexity index is 822. The van der Waals surface area contributed by atoms with E-state index < -0.39 is 0 Å². The third-order valence-corrected chi connectivity index (χ3v) is 3.79. The molecule has 0 aliphatic heterocycles. The van der Waals surface area contributed by atoms with E-state index >= 15 is 0 Å². The Morgan fingerprint density at radius 1 is 1.47 bits per heavy atom. The summed E-state index contributed by atoms with van der Waals surface area (Å²) >= 11 is 1.51. The lowest BCUT2D eigenvalue weighted by atomic mass is 10.1. The van der Waals surface area contributed by atoms with Crippen LogP contribution in [-0.2, 0) is 4.74 Å². The molecule has 3 aromatic rings. The van der Waals surface area contributed by atoms with Crippen LogP contribution in [0.15, 0.2) is 28.0 Å². The third kappa shape index (κ3) is 1.77. The van der Waals surface area contributed by atoms with E-state index in [1.807, 2.05) is 17.5 Å². The predicted octanol–water partition coefficient (Wildman–Crippen LogP) is 3.70. The minimum Gasteiger partial charge on any atom is -0.462 e. The fourth-order valence-electron chi connectivity index (χ4n) is 2.06. The summed E-state index contributed by atoms with van der Waals surface area (Å²) in [7, 11) is 0. The molecule has 94 valence electrons. The van der Waals surface area contributed by atoms with Gasteiger partial charge in [0.05, 0.1) is 12.2 Å². The van der Waals surface area contributed by atoms with Gasteiger partial charge in [0.25, 0.3) is 0 Å². The van der Waals surface area contributed by atoms with Crippen molar-refractivity contribution in [1.29, 1.82) is 5.26 Å². The van der Waals surface area contributed by atoms with Crippen molar-refractivity contribution < 1.29 is 13.9 Å². The molecule has 0 radical (unpaired) electrons. The van der Waals surface area contributed by atoms with E-state index in [1.165, 1.54) is 11.3 Å². The van der Waals surface area contributed by atoms with Crippen LogP contribution in [-0.4, -0.2) is 12.6 Å². The standard InChI is InChI=1S/C14H9NO3S/c1-2-17-14(16)10-6-12-11(5-8(7-15)18-12)13-9(10)3-4-19-13/h3-6H,2H2,1H3. The Hall–Kier alpha value is -2.32. The summed E-state index contributed by atoms with van der Waals surface area (Å²) < 4.78 is 11.4. The highest BCUT2D eigenvalue weighted by atomic mass is 32.1. The lowest BCUT2D eigenvalue weighted by molar-refractivity contribution is 0.0529. The first-order valence-electron chi connectivity index (χ1n) is 5.75. The number of thiophene rings is 1. The van der Waals surface area contributed by atoms with Crippen molar-refractivity contribution in [3.63, 3.8) is 0 Å². The van der Waals surface area contributed by atoms with Gasteiger partial charge < -0.3 is 9.15 Å². The molecule has 0 saturated heterocycles. The smallest absolute Gasteiger partial charge is 0.338 e. The van der Waals surface area contributed by atoms with Gasteiger partial charge in [0.15, 0.2) is 0 Å². The molecule has 19 heavy (non-hydrogen) atoms. The predicted molar refractivity (Wildman–Crippen MR) is 72.3 cm³/mol. The number of carbonyl (C=O) groups excluding carboxylic acids is 1. The Morgan fingerprint density at radius 2 is 2.32 bits per heavy atom. The molecule has 0 N–H and O–H groups in total. The molecule has 0 saturated carbocycles. The number of rotatable bonds is 2. The topological polar surface area (TPSA) is 63.2 Å². The van der Waals surface area contributed by atoms with Gasteiger partial charge in [0.1, 0.15) is 11.7 Å². The maximum Gasteiger partial charge on any atom is 0.338 e. The number of benzene rings is 1. The van der Waals surface area contributed by atoms with Gasteiger partial charge >= 0.3 is 5.97 Å². The molecule has 1 aromatic carbocycles. The average molecular weight is 271 g/mol. The summed E-state index contributed by atoms with van der Waals surface area (Å²) in [5.41, 5.74) is 1.01. The fraction of sp³-hybridized carbons (Fsp3) is 0.143. The number of hydrogen-bond donors (Lipinski definition) is 0. The molecule has 0 amide bonds. The zero-order valence-corrected chi connectivity index (χ0v) is 10.9. The van der Waals surface area contributed by atoms with Crippen LogP contribution in [0.2, 0.25) is 0 Å². The van der Waals surface area contributed by atoms with Crippen molar-refractivity contribution in [2.45, 2.75) is 6.92 Å². The molecule has 0 atom stereocenters. The molecule has 4 nitrogen and oxygen atoms in total. The maximum absolute atomic E-state index is 12.0. The molecule has 3 rings (SSSR count). The first-order chi connectivity index (χ1) is 9.24. The van der Waals surface area contributed by atoms with E-state index in [1.54, 1.807) is 19.1 Å². The fourth-order valence-corrected chi connectivity index (χ4v) is 2.99. The summed E-state index contributed by atoms with van der Waals surface area (Å²) in [4.78, 5) is 12.0. The molecule has 2 heterocycles. The molecular weight excluding hydrogens is 262 g/mol. The van der Waals surface area contributed by atoms with Crippen molar-refractivity contribution in [3.05, 3.63) is 34.9 Å². The van der Waals surface area contributed by atoms with Crippen molar-refractivity contribution in [3.8, 4) is 6.07 Å². The van der Waals surface area contributed by atoms with Crippen LogP contribution in [0.1, 0.15) is 23.0 Å². The molecule has 0 bridgehead atoms. The van der Waals surface area contributed by atoms with Gasteiger partial charge in [-0.05, 0) is 24.4 Å². The zero-order valence-electron chi connectivity index (χ0n) is 10.1. The highest BCUT2D eigenvalue weighted by molar-refractivity contribution is 7.18. The van der Waals surface area contributed by atoms with Gasteiger partial charge in [-0.2, -0.15) is 5.26 Å². The minimum absolute atomic E-state index is 0.241. The van der Waals surface area contributed by atoms with Crippen LogP contribution in [0.5, 0.6) is 0 Å². The Balaban J connectivity index is 2.34. The van der Waals surface area contributed by atoms with Crippen LogP contribution >= 0.6 is 11.3 Å². The van der Waals surface area contributed by atoms with E-state index in [0.29, 0.717) is 17.8 Å². The Labute approximate surface area is 112 Å². The van der Waals surface area contributed by atoms with Crippen LogP contribution in [0.25, 0.3) is 21.1 Å². The Morgan fingerprint density at radius 3 is 3.05 bits per heavy atom. The van der Waals surface area contributed by atoms with E-state index in [-0.39, 0.29) is 11.7 Å². The lowest BCUT2D eigenvalue weighted by Crippen LogP contribution is -2.04. The maximum atomic E-state index is 12.0. The van der Waals surface area contributed by atoms with Crippen molar-refractivity contribution in [2.24, 2.45) is 0 Å². The van der Waals surface area contributed by atoms with Crippen molar-refractivity contribution >= 4 is 38.4 Å². The summed E-state index contributed by atoms with van der Waals surface area (Å²) in [6.07, 6.45) is 0. The third-order valence-electron chi connectivity index (χ3n) is 2.84.